The quantitative estimate of drug-likeness (QED) is 0.653. The maximum atomic E-state index is 11.5. The molecule has 0 radical (unpaired) electrons. The number of methoxy groups -OCH3 is 1. The summed E-state index contributed by atoms with van der Waals surface area (Å²) in [4.78, 5) is 13.6. The van der Waals surface area contributed by atoms with E-state index in [1.54, 1.807) is 0 Å². The van der Waals surface area contributed by atoms with Crippen molar-refractivity contribution in [1.82, 2.24) is 10.2 Å². The van der Waals surface area contributed by atoms with Crippen molar-refractivity contribution in [2.45, 2.75) is 31.8 Å². The Kier molecular flexibility index (Phi) is 4.54. The summed E-state index contributed by atoms with van der Waals surface area (Å²) in [7, 11) is 5.53. The highest BCUT2D eigenvalue weighted by atomic mass is 16.5. The van der Waals surface area contributed by atoms with Crippen LogP contribution in [0.4, 0.5) is 0 Å². The van der Waals surface area contributed by atoms with E-state index in [0.29, 0.717) is 12.0 Å². The Morgan fingerprint density at radius 1 is 1.53 bits per heavy atom. The molecule has 1 N–H and O–H groups in total. The molecular weight excluding hydrogens is 192 g/mol. The Labute approximate surface area is 92.0 Å². The molecule has 4 heteroatoms. The van der Waals surface area contributed by atoms with Crippen LogP contribution in [-0.2, 0) is 9.53 Å². The molecule has 1 saturated carbocycles. The van der Waals surface area contributed by atoms with Gasteiger partial charge in [-0.25, -0.2) is 0 Å². The van der Waals surface area contributed by atoms with E-state index in [0.717, 1.165) is 19.4 Å². The van der Waals surface area contributed by atoms with Gasteiger partial charge in [-0.2, -0.15) is 0 Å². The molecule has 15 heavy (non-hydrogen) atoms. The number of nitrogens with one attached hydrogen (secondary N) is 1. The fourth-order valence-corrected chi connectivity index (χ4v) is 1.48. The number of nitrogens with zero attached hydrogens (tertiary/aromatic N) is 1. The largest absolute Gasteiger partial charge is 0.468 e. The number of ether oxygens (including phenoxy) is 1. The summed E-state index contributed by atoms with van der Waals surface area (Å²) in [6.07, 6.45) is 2.28. The molecule has 1 fully saturated rings. The van der Waals surface area contributed by atoms with Crippen molar-refractivity contribution < 1.29 is 9.53 Å². The van der Waals surface area contributed by atoms with Crippen LogP contribution in [0.5, 0.6) is 0 Å². The predicted molar refractivity (Wildman–Crippen MR) is 59.7 cm³/mol. The lowest BCUT2D eigenvalue weighted by Gasteiger charge is -2.23. The third-order valence-electron chi connectivity index (χ3n) is 3.06. The van der Waals surface area contributed by atoms with Crippen LogP contribution in [0.1, 0.15) is 19.8 Å². The van der Waals surface area contributed by atoms with Gasteiger partial charge in [0.1, 0.15) is 6.04 Å². The highest BCUT2D eigenvalue weighted by molar-refractivity contribution is 5.76. The Hall–Kier alpha value is -0.610. The Morgan fingerprint density at radius 2 is 2.13 bits per heavy atom. The van der Waals surface area contributed by atoms with E-state index in [-0.39, 0.29) is 12.0 Å². The maximum Gasteiger partial charge on any atom is 0.323 e. The summed E-state index contributed by atoms with van der Waals surface area (Å²) >= 11 is 0. The lowest BCUT2D eigenvalue weighted by Crippen LogP contribution is -2.45. The van der Waals surface area contributed by atoms with Crippen molar-refractivity contribution in [1.29, 1.82) is 0 Å². The van der Waals surface area contributed by atoms with Gasteiger partial charge in [0, 0.05) is 12.6 Å². The van der Waals surface area contributed by atoms with Crippen LogP contribution >= 0.6 is 0 Å². The third kappa shape index (κ3) is 3.80. The molecule has 0 spiro atoms. The molecule has 0 aromatic heterocycles. The molecule has 1 rings (SSSR count). The molecule has 2 atom stereocenters. The first kappa shape index (κ1) is 12.5. The lowest BCUT2D eigenvalue weighted by molar-refractivity contribution is -0.143. The van der Waals surface area contributed by atoms with Crippen LogP contribution in [0.3, 0.4) is 0 Å². The Morgan fingerprint density at radius 3 is 2.53 bits per heavy atom. The van der Waals surface area contributed by atoms with E-state index in [1.165, 1.54) is 7.11 Å². The Bertz CT molecular complexity index is 215. The number of carbonyl (C=O) groups excluding carboxylic acids is 1. The molecule has 4 nitrogen and oxygen atoms in total. The standard InChI is InChI=1S/C11H22N2O2/c1-8(13(2)3)7-12-10(9-5-6-9)11(14)15-4/h8-10,12H,5-7H2,1-4H3. The molecule has 0 aromatic rings. The SMILES string of the molecule is COC(=O)C(NCC(C)N(C)C)C1CC1. The number of rotatable bonds is 6. The topological polar surface area (TPSA) is 41.6 Å². The monoisotopic (exact) mass is 214 g/mol. The first-order valence-electron chi connectivity index (χ1n) is 5.54. The molecule has 2 unspecified atom stereocenters. The lowest BCUT2D eigenvalue weighted by atomic mass is 10.1. The van der Waals surface area contributed by atoms with Gasteiger partial charge < -0.3 is 15.0 Å². The summed E-state index contributed by atoms with van der Waals surface area (Å²) in [6, 6.07) is 0.327. The average molecular weight is 214 g/mol. The summed E-state index contributed by atoms with van der Waals surface area (Å²) in [5.41, 5.74) is 0. The van der Waals surface area contributed by atoms with Crippen LogP contribution in [0.2, 0.25) is 0 Å². The molecule has 1 aliphatic rings. The van der Waals surface area contributed by atoms with Gasteiger partial charge in [-0.3, -0.25) is 4.79 Å². The van der Waals surface area contributed by atoms with Gasteiger partial charge in [-0.1, -0.05) is 0 Å². The van der Waals surface area contributed by atoms with Crippen molar-refractivity contribution in [2.24, 2.45) is 5.92 Å². The summed E-state index contributed by atoms with van der Waals surface area (Å²) < 4.78 is 4.79. The zero-order chi connectivity index (χ0) is 11.4. The van der Waals surface area contributed by atoms with Gasteiger partial charge in [0.15, 0.2) is 0 Å². The van der Waals surface area contributed by atoms with Crippen LogP contribution in [0.25, 0.3) is 0 Å². The van der Waals surface area contributed by atoms with Crippen LogP contribution < -0.4 is 5.32 Å². The Balaban J connectivity index is 2.35. The fraction of sp³-hybridized carbons (Fsp3) is 0.909. The first-order valence-corrected chi connectivity index (χ1v) is 5.54. The number of carbonyl (C=O) groups is 1. The molecule has 1 aliphatic carbocycles. The van der Waals surface area contributed by atoms with Gasteiger partial charge in [-0.05, 0) is 39.8 Å². The van der Waals surface area contributed by atoms with Crippen LogP contribution in [0.15, 0.2) is 0 Å². The minimum Gasteiger partial charge on any atom is -0.468 e. The molecule has 0 aliphatic heterocycles. The average Bonchev–Trinajstić information content (AvgIpc) is 3.01. The summed E-state index contributed by atoms with van der Waals surface area (Å²) in [5.74, 6) is 0.371. The normalized spacial score (nSPS) is 20.1. The highest BCUT2D eigenvalue weighted by Gasteiger charge is 2.36. The summed E-state index contributed by atoms with van der Waals surface area (Å²) in [6.45, 7) is 2.96. The van der Waals surface area contributed by atoms with Gasteiger partial charge in [0.2, 0.25) is 0 Å². The van der Waals surface area contributed by atoms with Gasteiger partial charge in [0.25, 0.3) is 0 Å². The second-order valence-corrected chi connectivity index (χ2v) is 4.56. The van der Waals surface area contributed by atoms with Gasteiger partial charge >= 0.3 is 5.97 Å². The number of esters is 1. The molecule has 0 saturated heterocycles. The zero-order valence-corrected chi connectivity index (χ0v) is 10.1. The number of hydrogen-bond acceptors (Lipinski definition) is 4. The smallest absolute Gasteiger partial charge is 0.323 e. The van der Waals surface area contributed by atoms with E-state index in [4.69, 9.17) is 4.74 Å². The van der Waals surface area contributed by atoms with Crippen molar-refractivity contribution in [3.63, 3.8) is 0 Å². The van der Waals surface area contributed by atoms with Crippen molar-refractivity contribution >= 4 is 5.97 Å². The van der Waals surface area contributed by atoms with E-state index >= 15 is 0 Å². The van der Waals surface area contributed by atoms with E-state index in [9.17, 15) is 4.79 Å². The predicted octanol–water partition coefficient (Wildman–Crippen LogP) is 0.478. The van der Waals surface area contributed by atoms with Gasteiger partial charge in [-0.15, -0.1) is 0 Å². The van der Waals surface area contributed by atoms with Crippen molar-refractivity contribution in [2.75, 3.05) is 27.7 Å². The molecule has 0 heterocycles. The summed E-state index contributed by atoms with van der Waals surface area (Å²) in [5, 5.41) is 3.30. The van der Waals surface area contributed by atoms with Crippen molar-refractivity contribution in [3.8, 4) is 0 Å². The molecule has 0 amide bonds. The number of likely N-dealkylation sites (N-methyl/N-ethyl adjacent to an activating group) is 1. The van der Waals surface area contributed by atoms with Gasteiger partial charge in [0.05, 0.1) is 7.11 Å². The van der Waals surface area contributed by atoms with Crippen molar-refractivity contribution in [3.05, 3.63) is 0 Å². The molecule has 0 bridgehead atoms. The first-order chi connectivity index (χ1) is 7.06. The third-order valence-corrected chi connectivity index (χ3v) is 3.06. The minimum absolute atomic E-state index is 0.0996. The van der Waals surface area contributed by atoms with E-state index in [2.05, 4.69) is 17.1 Å². The second-order valence-electron chi connectivity index (χ2n) is 4.56. The maximum absolute atomic E-state index is 11.5. The molecule has 88 valence electrons. The van der Waals surface area contributed by atoms with Crippen LogP contribution in [0, 0.1) is 5.92 Å². The second kappa shape index (κ2) is 5.47. The number of hydrogen-bond donors (Lipinski definition) is 1. The zero-order valence-electron chi connectivity index (χ0n) is 10.1. The molecule has 0 aromatic carbocycles. The minimum atomic E-state index is -0.122. The fourth-order valence-electron chi connectivity index (χ4n) is 1.48. The highest BCUT2D eigenvalue weighted by Crippen LogP contribution is 2.33. The molecular formula is C11H22N2O2. The van der Waals surface area contributed by atoms with Crippen LogP contribution in [-0.4, -0.2) is 50.7 Å². The van der Waals surface area contributed by atoms with E-state index in [1.807, 2.05) is 14.1 Å². The van der Waals surface area contributed by atoms with E-state index < -0.39 is 0 Å².